The lowest BCUT2D eigenvalue weighted by Gasteiger charge is -2.34. The fourth-order valence-electron chi connectivity index (χ4n) is 4.73. The fraction of sp³-hybridized carbons (Fsp3) is 0.391. The number of fused-ring (bicyclic) bond motifs is 1. The summed E-state index contributed by atoms with van der Waals surface area (Å²) in [4.78, 5) is 29.9. The summed E-state index contributed by atoms with van der Waals surface area (Å²) >= 11 is 5.92. The van der Waals surface area contributed by atoms with Crippen LogP contribution in [0, 0.1) is 5.92 Å². The monoisotopic (exact) mass is 437 g/mol. The van der Waals surface area contributed by atoms with Gasteiger partial charge in [0.25, 0.3) is 5.91 Å². The first kappa shape index (κ1) is 20.0. The van der Waals surface area contributed by atoms with Crippen LogP contribution in [-0.2, 0) is 4.79 Å². The van der Waals surface area contributed by atoms with Crippen LogP contribution in [0.15, 0.2) is 48.7 Å². The number of benzene rings is 1. The molecule has 2 aromatic heterocycles. The zero-order chi connectivity index (χ0) is 21.4. The highest BCUT2D eigenvalue weighted by Crippen LogP contribution is 2.34. The summed E-state index contributed by atoms with van der Waals surface area (Å²) in [5.41, 5.74) is 1.43. The molecule has 160 valence electrons. The van der Waals surface area contributed by atoms with E-state index in [0.717, 1.165) is 30.9 Å². The lowest BCUT2D eigenvalue weighted by molar-refractivity contribution is -0.138. The summed E-state index contributed by atoms with van der Waals surface area (Å²) in [5.74, 6) is 0.941. The molecule has 5 rings (SSSR count). The van der Waals surface area contributed by atoms with Gasteiger partial charge in [0.05, 0.1) is 6.04 Å². The molecule has 1 aromatic carbocycles. The normalized spacial score (nSPS) is 19.8. The van der Waals surface area contributed by atoms with Crippen LogP contribution in [0.3, 0.4) is 0 Å². The molecule has 2 amide bonds. The number of aromatic nitrogens is 3. The van der Waals surface area contributed by atoms with Gasteiger partial charge in [0.2, 0.25) is 5.91 Å². The van der Waals surface area contributed by atoms with E-state index in [1.165, 1.54) is 0 Å². The van der Waals surface area contributed by atoms with Crippen LogP contribution in [0.5, 0.6) is 0 Å². The molecule has 0 aliphatic carbocycles. The quantitative estimate of drug-likeness (QED) is 0.627. The maximum atomic E-state index is 13.4. The van der Waals surface area contributed by atoms with E-state index in [1.807, 2.05) is 38.6 Å². The van der Waals surface area contributed by atoms with Crippen molar-refractivity contribution in [1.29, 1.82) is 0 Å². The Kier molecular flexibility index (Phi) is 5.36. The topological polar surface area (TPSA) is 70.8 Å². The Morgan fingerprint density at radius 2 is 1.71 bits per heavy atom. The first-order valence-electron chi connectivity index (χ1n) is 10.8. The second-order valence-electron chi connectivity index (χ2n) is 8.25. The van der Waals surface area contributed by atoms with Crippen LogP contribution < -0.4 is 0 Å². The van der Waals surface area contributed by atoms with Gasteiger partial charge in [0.15, 0.2) is 11.5 Å². The van der Waals surface area contributed by atoms with Crippen LogP contribution in [0.25, 0.3) is 5.65 Å². The summed E-state index contributed by atoms with van der Waals surface area (Å²) < 4.78 is 1.98. The molecule has 2 aliphatic rings. The Labute approximate surface area is 185 Å². The molecule has 0 N–H and O–H groups in total. The van der Waals surface area contributed by atoms with Crippen molar-refractivity contribution in [3.8, 4) is 0 Å². The minimum atomic E-state index is -0.0611. The Morgan fingerprint density at radius 1 is 0.935 bits per heavy atom. The van der Waals surface area contributed by atoms with E-state index in [4.69, 9.17) is 11.6 Å². The van der Waals surface area contributed by atoms with Gasteiger partial charge >= 0.3 is 0 Å². The molecule has 31 heavy (non-hydrogen) atoms. The van der Waals surface area contributed by atoms with Gasteiger partial charge in [0.1, 0.15) is 0 Å². The summed E-state index contributed by atoms with van der Waals surface area (Å²) in [5, 5.41) is 9.26. The molecule has 1 atom stereocenters. The van der Waals surface area contributed by atoms with Crippen molar-refractivity contribution in [2.45, 2.75) is 31.7 Å². The number of hydrogen-bond donors (Lipinski definition) is 0. The zero-order valence-electron chi connectivity index (χ0n) is 17.2. The van der Waals surface area contributed by atoms with Crippen molar-refractivity contribution < 1.29 is 9.59 Å². The zero-order valence-corrected chi connectivity index (χ0v) is 17.9. The molecule has 8 heteroatoms. The van der Waals surface area contributed by atoms with Gasteiger partial charge in [-0.3, -0.25) is 14.0 Å². The second-order valence-corrected chi connectivity index (χ2v) is 8.69. The lowest BCUT2D eigenvalue weighted by Crippen LogP contribution is -2.44. The van der Waals surface area contributed by atoms with E-state index < -0.39 is 0 Å². The number of likely N-dealkylation sites (tertiary alicyclic amines) is 2. The molecule has 2 fully saturated rings. The maximum Gasteiger partial charge on any atom is 0.253 e. The number of carbonyl (C=O) groups is 2. The lowest BCUT2D eigenvalue weighted by atomic mass is 9.94. The largest absolute Gasteiger partial charge is 0.339 e. The van der Waals surface area contributed by atoms with Crippen LogP contribution in [0.1, 0.15) is 47.9 Å². The summed E-state index contributed by atoms with van der Waals surface area (Å²) in [6.45, 7) is 1.92. The number of amides is 2. The molecule has 2 saturated heterocycles. The van der Waals surface area contributed by atoms with Gasteiger partial charge in [0, 0.05) is 42.3 Å². The molecule has 3 aromatic rings. The third kappa shape index (κ3) is 3.78. The van der Waals surface area contributed by atoms with Crippen LogP contribution in [0.4, 0.5) is 0 Å². The molecule has 4 heterocycles. The highest BCUT2D eigenvalue weighted by Gasteiger charge is 2.38. The van der Waals surface area contributed by atoms with E-state index in [9.17, 15) is 9.59 Å². The number of carbonyl (C=O) groups excluding carboxylic acids is 2. The van der Waals surface area contributed by atoms with Crippen molar-refractivity contribution in [2.75, 3.05) is 19.6 Å². The van der Waals surface area contributed by atoms with E-state index in [1.54, 1.807) is 24.3 Å². The Balaban J connectivity index is 1.25. The van der Waals surface area contributed by atoms with Gasteiger partial charge in [-0.2, -0.15) is 0 Å². The van der Waals surface area contributed by atoms with E-state index in [0.29, 0.717) is 36.5 Å². The van der Waals surface area contributed by atoms with Crippen LogP contribution in [0.2, 0.25) is 5.02 Å². The molecule has 0 saturated carbocycles. The smallest absolute Gasteiger partial charge is 0.253 e. The van der Waals surface area contributed by atoms with Crippen molar-refractivity contribution in [3.05, 3.63) is 65.1 Å². The Bertz CT molecular complexity index is 1100. The molecule has 7 nitrogen and oxygen atoms in total. The average Bonchev–Trinajstić information content (AvgIpc) is 3.45. The van der Waals surface area contributed by atoms with Gasteiger partial charge in [-0.05, 0) is 62.1 Å². The fourth-order valence-corrected chi connectivity index (χ4v) is 4.85. The van der Waals surface area contributed by atoms with Gasteiger partial charge in [-0.25, -0.2) is 0 Å². The number of hydrogen-bond acceptors (Lipinski definition) is 4. The van der Waals surface area contributed by atoms with E-state index in [-0.39, 0.29) is 23.8 Å². The second kappa shape index (κ2) is 8.30. The number of rotatable bonds is 3. The Hall–Kier alpha value is -2.93. The highest BCUT2D eigenvalue weighted by molar-refractivity contribution is 6.30. The molecule has 0 spiro atoms. The van der Waals surface area contributed by atoms with Crippen molar-refractivity contribution >= 4 is 29.1 Å². The maximum absolute atomic E-state index is 13.4. The van der Waals surface area contributed by atoms with Crippen LogP contribution in [-0.4, -0.2) is 55.8 Å². The van der Waals surface area contributed by atoms with Gasteiger partial charge < -0.3 is 9.80 Å². The van der Waals surface area contributed by atoms with Crippen molar-refractivity contribution in [3.63, 3.8) is 0 Å². The minimum Gasteiger partial charge on any atom is -0.339 e. The SMILES string of the molecule is O=C(c1ccc(Cl)cc1)N1CCC(C(=O)N2CCC[C@@H]2c2nnc3ccccn23)CC1. The predicted octanol–water partition coefficient (Wildman–Crippen LogP) is 3.60. The van der Waals surface area contributed by atoms with Gasteiger partial charge in [-0.15, -0.1) is 10.2 Å². The number of nitrogens with zero attached hydrogens (tertiary/aromatic N) is 5. The predicted molar refractivity (Wildman–Crippen MR) is 117 cm³/mol. The number of piperidine rings is 1. The standard InChI is InChI=1S/C23H24ClN5O2/c24-18-8-6-16(7-9-18)22(30)27-14-10-17(11-15-27)23(31)28-13-3-4-19(28)21-26-25-20-5-1-2-12-29(20)21/h1-2,5-9,12,17,19H,3-4,10-11,13-15H2/t19-/m1/s1. The average molecular weight is 438 g/mol. The van der Waals surface area contributed by atoms with Crippen molar-refractivity contribution in [2.24, 2.45) is 5.92 Å². The summed E-state index contributed by atoms with van der Waals surface area (Å²) in [7, 11) is 0. The summed E-state index contributed by atoms with van der Waals surface area (Å²) in [6.07, 6.45) is 5.18. The first-order valence-corrected chi connectivity index (χ1v) is 11.1. The Morgan fingerprint density at radius 3 is 2.48 bits per heavy atom. The van der Waals surface area contributed by atoms with Crippen LogP contribution >= 0.6 is 11.6 Å². The molecule has 0 bridgehead atoms. The molecular weight excluding hydrogens is 414 g/mol. The molecular formula is C23H24ClN5O2. The van der Waals surface area contributed by atoms with Crippen molar-refractivity contribution in [1.82, 2.24) is 24.4 Å². The molecule has 0 unspecified atom stereocenters. The minimum absolute atomic E-state index is 0.00320. The van der Waals surface area contributed by atoms with E-state index >= 15 is 0 Å². The summed E-state index contributed by atoms with van der Waals surface area (Å²) in [6, 6.07) is 12.7. The number of pyridine rings is 1. The highest BCUT2D eigenvalue weighted by atomic mass is 35.5. The van der Waals surface area contributed by atoms with Gasteiger partial charge in [-0.1, -0.05) is 17.7 Å². The van der Waals surface area contributed by atoms with E-state index in [2.05, 4.69) is 10.2 Å². The first-order chi connectivity index (χ1) is 15.1. The molecule has 0 radical (unpaired) electrons. The number of halogens is 1. The third-order valence-corrected chi connectivity index (χ3v) is 6.65. The third-order valence-electron chi connectivity index (χ3n) is 6.40. The molecule has 2 aliphatic heterocycles.